The van der Waals surface area contributed by atoms with E-state index in [1.54, 1.807) is 24.3 Å². The second kappa shape index (κ2) is 18.4. The Hall–Kier alpha value is -3.41. The van der Waals surface area contributed by atoms with Gasteiger partial charge in [-0.25, -0.2) is 9.59 Å². The number of nitrogens with zero attached hydrogens (tertiary/aromatic N) is 1. The summed E-state index contributed by atoms with van der Waals surface area (Å²) in [6.07, 6.45) is -8.82. The maximum atomic E-state index is 11.0. The maximum absolute atomic E-state index is 11.0. The number of rotatable bonds is 10. The van der Waals surface area contributed by atoms with Crippen molar-refractivity contribution in [2.45, 2.75) is 50.3 Å². The predicted molar refractivity (Wildman–Crippen MR) is 147 cm³/mol. The van der Waals surface area contributed by atoms with Crippen LogP contribution in [0.1, 0.15) is 24.0 Å². The van der Waals surface area contributed by atoms with E-state index in [2.05, 4.69) is 50.4 Å². The molecule has 2 aromatic rings. The Bertz CT molecular complexity index is 1170. The molecule has 0 spiro atoms. The third-order valence-electron chi connectivity index (χ3n) is 5.78. The summed E-state index contributed by atoms with van der Waals surface area (Å²) in [6, 6.07) is 15.9. The highest BCUT2D eigenvalue weighted by atomic mass is 79.9. The lowest BCUT2D eigenvalue weighted by Crippen LogP contribution is -2.45. The molecule has 0 bridgehead atoms. The third-order valence-corrected chi connectivity index (χ3v) is 6.31. The van der Waals surface area contributed by atoms with Crippen molar-refractivity contribution in [1.29, 1.82) is 0 Å². The van der Waals surface area contributed by atoms with E-state index >= 15 is 0 Å². The molecule has 0 saturated carbocycles. The zero-order valence-corrected chi connectivity index (χ0v) is 24.5. The number of alkyl halides is 6. The molecule has 3 rings (SSSR count). The summed E-state index contributed by atoms with van der Waals surface area (Å²) in [7, 11) is 0. The van der Waals surface area contributed by atoms with Crippen LogP contribution in [0, 0.1) is 0 Å². The summed E-state index contributed by atoms with van der Waals surface area (Å²) < 4.78 is 70.2. The number of ether oxygens (including phenoxy) is 1. The summed E-state index contributed by atoms with van der Waals surface area (Å²) in [5.41, 5.74) is 1.93. The summed E-state index contributed by atoms with van der Waals surface area (Å²) in [5, 5.41) is 36.9. The second-order valence-corrected chi connectivity index (χ2v) is 10.2. The van der Waals surface area contributed by atoms with E-state index in [9.17, 15) is 36.2 Å². The molecular weight excluding hydrogens is 674 g/mol. The van der Waals surface area contributed by atoms with Crippen molar-refractivity contribution < 1.29 is 65.9 Å². The molecule has 0 unspecified atom stereocenters. The molecule has 1 heterocycles. The van der Waals surface area contributed by atoms with E-state index in [-0.39, 0.29) is 13.0 Å². The first kappa shape index (κ1) is 38.6. The molecular formula is C27H31BrF6N2O8. The SMILES string of the molecule is O=C(O)C(F)(F)F.O=C(O)C(F)(F)F.O=C(O)Cc1ccccc1OC[C@@H](O)CNC1CCN(Cc2ccc(Br)cc2)CC1. The van der Waals surface area contributed by atoms with Crippen LogP contribution in [-0.4, -0.2) is 94.0 Å². The lowest BCUT2D eigenvalue weighted by atomic mass is 10.0. The van der Waals surface area contributed by atoms with E-state index in [1.165, 1.54) is 5.56 Å². The first-order valence-electron chi connectivity index (χ1n) is 12.8. The third kappa shape index (κ3) is 16.4. The van der Waals surface area contributed by atoms with Gasteiger partial charge in [0.15, 0.2) is 0 Å². The van der Waals surface area contributed by atoms with Gasteiger partial charge in [0.2, 0.25) is 0 Å². The molecule has 246 valence electrons. The van der Waals surface area contributed by atoms with Gasteiger partial charge in [0.25, 0.3) is 0 Å². The average molecular weight is 705 g/mol. The number of hydrogen-bond donors (Lipinski definition) is 5. The van der Waals surface area contributed by atoms with Crippen molar-refractivity contribution in [2.24, 2.45) is 0 Å². The highest BCUT2D eigenvalue weighted by Crippen LogP contribution is 2.19. The number of piperidine rings is 1. The van der Waals surface area contributed by atoms with Crippen LogP contribution in [0.5, 0.6) is 5.75 Å². The molecule has 1 saturated heterocycles. The van der Waals surface area contributed by atoms with Gasteiger partial charge in [-0.3, -0.25) is 9.69 Å². The second-order valence-electron chi connectivity index (χ2n) is 9.33. The number of carboxylic acid groups (broad SMARTS) is 3. The van der Waals surface area contributed by atoms with E-state index in [4.69, 9.17) is 29.6 Å². The van der Waals surface area contributed by atoms with Crippen molar-refractivity contribution in [3.63, 3.8) is 0 Å². The summed E-state index contributed by atoms with van der Waals surface area (Å²) in [4.78, 5) is 31.2. The first-order valence-corrected chi connectivity index (χ1v) is 13.6. The fraction of sp³-hybridized carbons (Fsp3) is 0.444. The number of carbonyl (C=O) groups is 3. The number of benzene rings is 2. The standard InChI is InChI=1S/C23H29BrN2O4.2C2HF3O2/c24-19-7-5-17(6-8-19)15-26-11-9-20(10-12-26)25-14-21(27)16-30-22-4-2-1-3-18(22)13-23(28)29;2*3-2(4,5)1(6)7/h1-8,20-21,25,27H,9-16H2,(H,28,29);2*(H,6,7)/t21-;;/m0../s1. The van der Waals surface area contributed by atoms with Crippen LogP contribution in [0.3, 0.4) is 0 Å². The summed E-state index contributed by atoms with van der Waals surface area (Å²) in [5.74, 6) is -5.90. The van der Waals surface area contributed by atoms with E-state index in [0.29, 0.717) is 23.9 Å². The Morgan fingerprint density at radius 1 is 0.909 bits per heavy atom. The normalized spacial score (nSPS) is 14.7. The zero-order valence-electron chi connectivity index (χ0n) is 22.9. The first-order chi connectivity index (χ1) is 20.4. The van der Waals surface area contributed by atoms with Crippen molar-refractivity contribution in [3.05, 3.63) is 64.1 Å². The van der Waals surface area contributed by atoms with Crippen LogP contribution in [0.25, 0.3) is 0 Å². The minimum atomic E-state index is -5.08. The molecule has 1 atom stereocenters. The smallest absolute Gasteiger partial charge is 0.490 e. The minimum Gasteiger partial charge on any atom is -0.491 e. The number of carboxylic acids is 3. The molecule has 5 N–H and O–H groups in total. The fourth-order valence-electron chi connectivity index (χ4n) is 3.64. The van der Waals surface area contributed by atoms with Gasteiger partial charge >= 0.3 is 30.3 Å². The number of hydrogen-bond acceptors (Lipinski definition) is 7. The zero-order chi connectivity index (χ0) is 33.5. The van der Waals surface area contributed by atoms with Crippen LogP contribution in [0.15, 0.2) is 53.0 Å². The van der Waals surface area contributed by atoms with Crippen LogP contribution in [0.4, 0.5) is 26.3 Å². The van der Waals surface area contributed by atoms with Gasteiger partial charge in [-0.1, -0.05) is 46.3 Å². The van der Waals surface area contributed by atoms with Gasteiger partial charge in [0.05, 0.1) is 6.42 Å². The maximum Gasteiger partial charge on any atom is 0.490 e. The van der Waals surface area contributed by atoms with E-state index < -0.39 is 36.4 Å². The molecule has 0 aromatic heterocycles. The van der Waals surface area contributed by atoms with Gasteiger partial charge in [0, 0.05) is 29.2 Å². The van der Waals surface area contributed by atoms with Crippen LogP contribution < -0.4 is 10.1 Å². The number of para-hydroxylation sites is 1. The Balaban J connectivity index is 0.000000574. The average Bonchev–Trinajstić information content (AvgIpc) is 2.93. The Morgan fingerprint density at radius 2 is 1.41 bits per heavy atom. The lowest BCUT2D eigenvalue weighted by molar-refractivity contribution is -0.193. The molecule has 0 radical (unpaired) electrons. The topological polar surface area (TPSA) is 157 Å². The number of aliphatic carboxylic acids is 3. The molecule has 44 heavy (non-hydrogen) atoms. The lowest BCUT2D eigenvalue weighted by Gasteiger charge is -2.33. The van der Waals surface area contributed by atoms with E-state index in [1.807, 2.05) is 0 Å². The van der Waals surface area contributed by atoms with Crippen LogP contribution >= 0.6 is 15.9 Å². The molecule has 0 amide bonds. The fourth-order valence-corrected chi connectivity index (χ4v) is 3.91. The number of nitrogens with one attached hydrogen (secondary N) is 1. The molecule has 17 heteroatoms. The summed E-state index contributed by atoms with van der Waals surface area (Å²) >= 11 is 3.47. The monoisotopic (exact) mass is 704 g/mol. The molecule has 1 fully saturated rings. The van der Waals surface area contributed by atoms with Crippen molar-refractivity contribution in [2.75, 3.05) is 26.2 Å². The van der Waals surface area contributed by atoms with Crippen molar-refractivity contribution in [3.8, 4) is 5.75 Å². The Labute approximate surface area is 256 Å². The quantitative estimate of drug-likeness (QED) is 0.226. The number of aliphatic hydroxyl groups excluding tert-OH is 1. The van der Waals surface area contributed by atoms with Gasteiger partial charge in [-0.15, -0.1) is 0 Å². The van der Waals surface area contributed by atoms with Crippen LogP contribution in [-0.2, 0) is 27.3 Å². The highest BCUT2D eigenvalue weighted by molar-refractivity contribution is 9.10. The number of likely N-dealkylation sites (tertiary alicyclic amines) is 1. The van der Waals surface area contributed by atoms with Crippen LogP contribution in [0.2, 0.25) is 0 Å². The Morgan fingerprint density at radius 3 is 1.89 bits per heavy atom. The minimum absolute atomic E-state index is 0.0939. The number of aliphatic hydroxyl groups is 1. The predicted octanol–water partition coefficient (Wildman–Crippen LogP) is 4.34. The molecule has 10 nitrogen and oxygen atoms in total. The molecule has 1 aliphatic rings. The van der Waals surface area contributed by atoms with Gasteiger partial charge in [-0.05, 0) is 49.7 Å². The van der Waals surface area contributed by atoms with Gasteiger partial charge in [-0.2, -0.15) is 26.3 Å². The van der Waals surface area contributed by atoms with Crippen molar-refractivity contribution in [1.82, 2.24) is 10.2 Å². The largest absolute Gasteiger partial charge is 0.491 e. The summed E-state index contributed by atoms with van der Waals surface area (Å²) in [6.45, 7) is 3.61. The van der Waals surface area contributed by atoms with E-state index in [0.717, 1.165) is 36.9 Å². The molecule has 0 aliphatic carbocycles. The highest BCUT2D eigenvalue weighted by Gasteiger charge is 2.38. The number of halogens is 7. The van der Waals surface area contributed by atoms with Gasteiger partial charge in [0.1, 0.15) is 18.5 Å². The van der Waals surface area contributed by atoms with Crippen molar-refractivity contribution >= 4 is 33.8 Å². The molecule has 1 aliphatic heterocycles. The molecule has 2 aromatic carbocycles. The van der Waals surface area contributed by atoms with Gasteiger partial charge < -0.3 is 30.5 Å². The Kier molecular flexibility index (Phi) is 16.2.